The first-order valence-corrected chi connectivity index (χ1v) is 11.8. The third kappa shape index (κ3) is 5.34. The summed E-state index contributed by atoms with van der Waals surface area (Å²) in [5.41, 5.74) is 1.11. The minimum Gasteiger partial charge on any atom is -0.495 e. The molecule has 0 unspecified atom stereocenters. The van der Waals surface area contributed by atoms with Crippen LogP contribution >= 0.6 is 23.1 Å². The number of thiazole rings is 1. The number of rotatable bonds is 8. The smallest absolute Gasteiger partial charge is 0.326 e. The van der Waals surface area contributed by atoms with Gasteiger partial charge in [-0.3, -0.25) is 9.59 Å². The summed E-state index contributed by atoms with van der Waals surface area (Å²) >= 11 is 2.94. The van der Waals surface area contributed by atoms with Crippen LogP contribution in [0.4, 0.5) is 0 Å². The molecule has 0 fully saturated rings. The number of nitrogens with zero attached hydrogens (tertiary/aromatic N) is 2. The molecule has 0 aliphatic rings. The molecule has 0 spiro atoms. The highest BCUT2D eigenvalue weighted by atomic mass is 32.2. The van der Waals surface area contributed by atoms with Crippen LogP contribution in [0.5, 0.6) is 11.5 Å². The zero-order chi connectivity index (χ0) is 23.3. The molecule has 0 bridgehead atoms. The summed E-state index contributed by atoms with van der Waals surface area (Å²) in [6.07, 6.45) is 0. The van der Waals surface area contributed by atoms with Gasteiger partial charge in [-0.1, -0.05) is 31.3 Å². The van der Waals surface area contributed by atoms with Gasteiger partial charge in [0.25, 0.3) is 5.91 Å². The highest BCUT2D eigenvalue weighted by molar-refractivity contribution is 7.99. The number of aromatic nitrogens is 1. The summed E-state index contributed by atoms with van der Waals surface area (Å²) in [6, 6.07) is 10.9. The first-order chi connectivity index (χ1) is 15.4. The SMILES string of the molecule is CCOC(=O)Cn1c(=NC(=O)c2cccc(SC(C)C)c2)sc2c(OC)ccc(OC)c21. The second-order valence-corrected chi connectivity index (χ2v) is 9.66. The van der Waals surface area contributed by atoms with Crippen LogP contribution in [0.15, 0.2) is 46.3 Å². The third-order valence-electron chi connectivity index (χ3n) is 4.43. The Morgan fingerprint density at radius 3 is 2.50 bits per heavy atom. The molecule has 32 heavy (non-hydrogen) atoms. The Balaban J connectivity index is 2.17. The van der Waals surface area contributed by atoms with Crippen molar-refractivity contribution in [1.29, 1.82) is 0 Å². The van der Waals surface area contributed by atoms with Crippen molar-refractivity contribution in [2.24, 2.45) is 4.99 Å². The quantitative estimate of drug-likeness (QED) is 0.353. The van der Waals surface area contributed by atoms with E-state index in [1.807, 2.05) is 18.2 Å². The summed E-state index contributed by atoms with van der Waals surface area (Å²) in [4.78, 5) is 31.1. The highest BCUT2D eigenvalue weighted by Crippen LogP contribution is 2.35. The fraction of sp³-hybridized carbons (Fsp3) is 0.348. The van der Waals surface area contributed by atoms with Crippen molar-refractivity contribution in [3.05, 3.63) is 46.8 Å². The van der Waals surface area contributed by atoms with Gasteiger partial charge in [-0.15, -0.1) is 11.8 Å². The number of carbonyl (C=O) groups is 2. The van der Waals surface area contributed by atoms with Crippen molar-refractivity contribution in [1.82, 2.24) is 4.57 Å². The molecule has 0 atom stereocenters. The van der Waals surface area contributed by atoms with Gasteiger partial charge < -0.3 is 18.8 Å². The lowest BCUT2D eigenvalue weighted by molar-refractivity contribution is -0.143. The third-order valence-corrected chi connectivity index (χ3v) is 6.53. The summed E-state index contributed by atoms with van der Waals surface area (Å²) in [7, 11) is 3.12. The van der Waals surface area contributed by atoms with E-state index in [9.17, 15) is 9.59 Å². The highest BCUT2D eigenvalue weighted by Gasteiger charge is 2.19. The first kappa shape index (κ1) is 23.9. The zero-order valence-electron chi connectivity index (χ0n) is 18.7. The van der Waals surface area contributed by atoms with E-state index < -0.39 is 11.9 Å². The molecule has 1 amide bonds. The lowest BCUT2D eigenvalue weighted by Gasteiger charge is -2.10. The van der Waals surface area contributed by atoms with Gasteiger partial charge in [0, 0.05) is 15.7 Å². The van der Waals surface area contributed by atoms with Crippen LogP contribution < -0.4 is 14.3 Å². The van der Waals surface area contributed by atoms with Gasteiger partial charge in [-0.2, -0.15) is 4.99 Å². The molecule has 0 saturated heterocycles. The Bertz CT molecular complexity index is 1200. The van der Waals surface area contributed by atoms with Crippen LogP contribution in [0.2, 0.25) is 0 Å². The van der Waals surface area contributed by atoms with E-state index >= 15 is 0 Å². The standard InChI is InChI=1S/C23H26N2O5S2/c1-6-30-19(26)13-25-20-17(28-4)10-11-18(29-5)21(20)32-23(25)24-22(27)15-8-7-9-16(12-15)31-14(2)3/h7-12,14H,6,13H2,1-5H3. The van der Waals surface area contributed by atoms with Crippen molar-refractivity contribution in [2.75, 3.05) is 20.8 Å². The first-order valence-electron chi connectivity index (χ1n) is 10.1. The van der Waals surface area contributed by atoms with Crippen molar-refractivity contribution < 1.29 is 23.8 Å². The fourth-order valence-electron chi connectivity index (χ4n) is 3.15. The maximum absolute atomic E-state index is 13.0. The lowest BCUT2D eigenvalue weighted by atomic mass is 10.2. The van der Waals surface area contributed by atoms with Crippen molar-refractivity contribution in [2.45, 2.75) is 37.5 Å². The normalized spacial score (nSPS) is 11.8. The monoisotopic (exact) mass is 474 g/mol. The molecule has 9 heteroatoms. The second kappa shape index (κ2) is 10.7. The van der Waals surface area contributed by atoms with Gasteiger partial charge in [0.15, 0.2) is 4.80 Å². The van der Waals surface area contributed by atoms with E-state index in [0.717, 1.165) is 9.60 Å². The molecule has 0 aliphatic heterocycles. The summed E-state index contributed by atoms with van der Waals surface area (Å²) < 4.78 is 18.5. The fourth-order valence-corrected chi connectivity index (χ4v) is 5.18. The number of esters is 1. The Labute approximate surface area is 195 Å². The molecular formula is C23H26N2O5S2. The number of hydrogen-bond donors (Lipinski definition) is 0. The molecule has 0 N–H and O–H groups in total. The predicted octanol–water partition coefficient (Wildman–Crippen LogP) is 4.52. The van der Waals surface area contributed by atoms with Gasteiger partial charge in [0.1, 0.15) is 28.3 Å². The lowest BCUT2D eigenvalue weighted by Crippen LogP contribution is -2.23. The minimum absolute atomic E-state index is 0.104. The number of thioether (sulfide) groups is 1. The zero-order valence-corrected chi connectivity index (χ0v) is 20.3. The topological polar surface area (TPSA) is 79.1 Å². The van der Waals surface area contributed by atoms with Crippen molar-refractivity contribution in [3.8, 4) is 11.5 Å². The van der Waals surface area contributed by atoms with E-state index in [1.54, 1.807) is 55.7 Å². The van der Waals surface area contributed by atoms with Gasteiger partial charge >= 0.3 is 5.97 Å². The second-order valence-electron chi connectivity index (χ2n) is 7.04. The Hall–Kier alpha value is -2.78. The van der Waals surface area contributed by atoms with Crippen LogP contribution in [-0.2, 0) is 16.1 Å². The number of hydrogen-bond acceptors (Lipinski definition) is 7. The van der Waals surface area contributed by atoms with E-state index in [0.29, 0.717) is 32.6 Å². The molecule has 1 heterocycles. The summed E-state index contributed by atoms with van der Waals surface area (Å²) in [5, 5.41) is 0.395. The van der Waals surface area contributed by atoms with E-state index in [-0.39, 0.29) is 13.2 Å². The minimum atomic E-state index is -0.429. The van der Waals surface area contributed by atoms with E-state index in [4.69, 9.17) is 14.2 Å². The molecule has 2 aromatic carbocycles. The van der Waals surface area contributed by atoms with Crippen LogP contribution in [0.1, 0.15) is 31.1 Å². The molecule has 3 rings (SSSR count). The predicted molar refractivity (Wildman–Crippen MR) is 127 cm³/mol. The van der Waals surface area contributed by atoms with Crippen LogP contribution in [0.3, 0.4) is 0 Å². The molecule has 3 aromatic rings. The number of fused-ring (bicyclic) bond motifs is 1. The van der Waals surface area contributed by atoms with Crippen LogP contribution in [0.25, 0.3) is 10.2 Å². The van der Waals surface area contributed by atoms with Crippen LogP contribution in [0, 0.1) is 0 Å². The van der Waals surface area contributed by atoms with Gasteiger partial charge in [-0.25, -0.2) is 0 Å². The number of methoxy groups -OCH3 is 2. The van der Waals surface area contributed by atoms with Crippen LogP contribution in [-0.4, -0.2) is 42.5 Å². The molecular weight excluding hydrogens is 448 g/mol. The van der Waals surface area contributed by atoms with E-state index in [1.165, 1.54) is 11.3 Å². The number of carbonyl (C=O) groups excluding carboxylic acids is 2. The van der Waals surface area contributed by atoms with E-state index in [2.05, 4.69) is 18.8 Å². The molecule has 0 aliphatic carbocycles. The van der Waals surface area contributed by atoms with Crippen molar-refractivity contribution in [3.63, 3.8) is 0 Å². The number of amides is 1. The summed E-state index contributed by atoms with van der Waals surface area (Å²) in [5.74, 6) is 0.331. The van der Waals surface area contributed by atoms with Crippen molar-refractivity contribution >= 4 is 45.2 Å². The maximum Gasteiger partial charge on any atom is 0.326 e. The largest absolute Gasteiger partial charge is 0.495 e. The number of benzene rings is 2. The molecule has 0 radical (unpaired) electrons. The molecule has 170 valence electrons. The summed E-state index contributed by atoms with van der Waals surface area (Å²) in [6.45, 7) is 6.09. The Morgan fingerprint density at radius 1 is 1.12 bits per heavy atom. The molecule has 0 saturated carbocycles. The molecule has 1 aromatic heterocycles. The van der Waals surface area contributed by atoms with Gasteiger partial charge in [0.05, 0.1) is 20.8 Å². The van der Waals surface area contributed by atoms with Gasteiger partial charge in [-0.05, 0) is 37.3 Å². The molecule has 7 nitrogen and oxygen atoms in total. The average Bonchev–Trinajstić information content (AvgIpc) is 3.10. The Morgan fingerprint density at radius 2 is 1.84 bits per heavy atom. The maximum atomic E-state index is 13.0. The average molecular weight is 475 g/mol. The Kier molecular flexibility index (Phi) is 7.98. The van der Waals surface area contributed by atoms with Gasteiger partial charge in [0.2, 0.25) is 0 Å². The number of ether oxygens (including phenoxy) is 3.